The fraction of sp³-hybridized carbons (Fsp3) is 0.950. The number of esters is 4. The maximum Gasteiger partial charge on any atom is 0.472 e. The normalized spacial score (nSPS) is 13.9. The molecule has 0 spiro atoms. The lowest BCUT2D eigenvalue weighted by Gasteiger charge is -2.21. The maximum absolute atomic E-state index is 13.1. The lowest BCUT2D eigenvalue weighted by molar-refractivity contribution is -0.161. The first kappa shape index (κ1) is 97.1. The lowest BCUT2D eigenvalue weighted by Crippen LogP contribution is -2.30. The minimum Gasteiger partial charge on any atom is -0.462 e. The summed E-state index contributed by atoms with van der Waals surface area (Å²) >= 11 is 0. The molecular weight excluding hydrogens is 1290 g/mol. The predicted molar refractivity (Wildman–Crippen MR) is 405 cm³/mol. The Labute approximate surface area is 607 Å². The van der Waals surface area contributed by atoms with E-state index in [9.17, 15) is 43.2 Å². The smallest absolute Gasteiger partial charge is 0.462 e. The lowest BCUT2D eigenvalue weighted by atomic mass is 10.0. The van der Waals surface area contributed by atoms with E-state index in [-0.39, 0.29) is 25.7 Å². The zero-order chi connectivity index (χ0) is 72.8. The monoisotopic (exact) mass is 1450 g/mol. The number of rotatable bonds is 79. The van der Waals surface area contributed by atoms with Gasteiger partial charge in [-0.15, -0.1) is 0 Å². The number of unbranched alkanes of at least 4 members (excludes halogenated alkanes) is 49. The van der Waals surface area contributed by atoms with Crippen LogP contribution in [0.4, 0.5) is 0 Å². The number of ether oxygens (including phenoxy) is 4. The van der Waals surface area contributed by atoms with Crippen molar-refractivity contribution in [2.75, 3.05) is 39.6 Å². The first-order valence-corrected chi connectivity index (χ1v) is 44.5. The highest BCUT2D eigenvalue weighted by molar-refractivity contribution is 7.47. The largest absolute Gasteiger partial charge is 0.472 e. The molecule has 588 valence electrons. The fourth-order valence-corrected chi connectivity index (χ4v) is 13.9. The zero-order valence-electron chi connectivity index (χ0n) is 64.8. The molecule has 0 bridgehead atoms. The van der Waals surface area contributed by atoms with Crippen molar-refractivity contribution in [3.63, 3.8) is 0 Å². The minimum absolute atomic E-state index is 0.106. The molecule has 0 aliphatic heterocycles. The molecular formula is C80H156O17P2. The average molecular weight is 1450 g/mol. The van der Waals surface area contributed by atoms with Crippen molar-refractivity contribution < 1.29 is 80.2 Å². The molecule has 0 heterocycles. The van der Waals surface area contributed by atoms with Gasteiger partial charge in [0.05, 0.1) is 26.4 Å². The summed E-state index contributed by atoms with van der Waals surface area (Å²) in [7, 11) is -9.92. The van der Waals surface area contributed by atoms with Crippen LogP contribution in [-0.2, 0) is 65.4 Å². The second kappa shape index (κ2) is 71.7. The van der Waals surface area contributed by atoms with Crippen molar-refractivity contribution in [2.45, 2.75) is 439 Å². The van der Waals surface area contributed by atoms with E-state index in [2.05, 4.69) is 41.5 Å². The van der Waals surface area contributed by atoms with Gasteiger partial charge in [0.15, 0.2) is 12.2 Å². The first-order valence-electron chi connectivity index (χ1n) is 41.5. The number of carbonyl (C=O) groups excluding carboxylic acids is 4. The molecule has 0 fully saturated rings. The van der Waals surface area contributed by atoms with E-state index >= 15 is 0 Å². The molecule has 0 aromatic carbocycles. The highest BCUT2D eigenvalue weighted by Gasteiger charge is 2.30. The summed E-state index contributed by atoms with van der Waals surface area (Å²) in [6.07, 6.45) is 61.0. The third kappa shape index (κ3) is 74.1. The van der Waals surface area contributed by atoms with Crippen LogP contribution in [0.1, 0.15) is 420 Å². The zero-order valence-corrected chi connectivity index (χ0v) is 66.6. The van der Waals surface area contributed by atoms with Gasteiger partial charge < -0.3 is 33.8 Å². The molecule has 0 radical (unpaired) electrons. The van der Waals surface area contributed by atoms with Gasteiger partial charge in [-0.2, -0.15) is 0 Å². The molecule has 0 saturated heterocycles. The number of carbonyl (C=O) groups is 4. The summed E-state index contributed by atoms with van der Waals surface area (Å²) in [4.78, 5) is 73.0. The molecule has 0 aromatic rings. The van der Waals surface area contributed by atoms with Gasteiger partial charge in [-0.25, -0.2) is 9.13 Å². The Kier molecular flexibility index (Phi) is 70.3. The Morgan fingerprint density at radius 3 is 0.687 bits per heavy atom. The molecule has 19 heteroatoms. The number of phosphoric acid groups is 2. The summed E-state index contributed by atoms with van der Waals surface area (Å²) in [6, 6.07) is 0. The van der Waals surface area contributed by atoms with E-state index in [0.29, 0.717) is 25.7 Å². The van der Waals surface area contributed by atoms with Crippen LogP contribution in [0.25, 0.3) is 0 Å². The third-order valence-corrected chi connectivity index (χ3v) is 20.6. The van der Waals surface area contributed by atoms with Crippen LogP contribution in [0, 0.1) is 11.8 Å². The Morgan fingerprint density at radius 1 is 0.273 bits per heavy atom. The third-order valence-electron chi connectivity index (χ3n) is 18.7. The minimum atomic E-state index is -4.96. The van der Waals surface area contributed by atoms with Crippen molar-refractivity contribution in [1.82, 2.24) is 0 Å². The van der Waals surface area contributed by atoms with E-state index in [4.69, 9.17) is 37.0 Å². The number of aliphatic hydroxyl groups is 1. The van der Waals surface area contributed by atoms with Crippen molar-refractivity contribution >= 4 is 39.5 Å². The van der Waals surface area contributed by atoms with Crippen molar-refractivity contribution in [3.8, 4) is 0 Å². The summed E-state index contributed by atoms with van der Waals surface area (Å²) in [6.45, 7) is 9.61. The number of hydrogen-bond acceptors (Lipinski definition) is 15. The van der Waals surface area contributed by atoms with Gasteiger partial charge in [0.1, 0.15) is 19.3 Å². The molecule has 0 amide bonds. The molecule has 3 N–H and O–H groups in total. The topological polar surface area (TPSA) is 237 Å². The van der Waals surface area contributed by atoms with Crippen LogP contribution in [0.3, 0.4) is 0 Å². The Hall–Kier alpha value is -1.94. The van der Waals surface area contributed by atoms with Gasteiger partial charge in [-0.1, -0.05) is 369 Å². The van der Waals surface area contributed by atoms with Crippen LogP contribution in [0.5, 0.6) is 0 Å². The Bertz CT molecular complexity index is 1910. The number of aliphatic hydroxyl groups excluding tert-OH is 1. The molecule has 5 atom stereocenters. The standard InChI is InChI=1S/C80H156O17P2/c1-7-9-11-13-15-17-19-21-22-23-24-25-26-27-29-31-40-46-52-58-64-79(84)96-75(69-91-78(83)63-57-51-45-39-34-32-36-42-48-54-60-72(3)4)70-94-98(86,87)92-66-74(81)67-93-99(88,89)95-71-76(97-80(85)65-59-53-47-41-35-33-37-43-49-55-61-73(5)6)68-90-77(82)62-56-50-44-38-30-28-20-18-16-14-12-10-8-2/h72-76,81H,7-71H2,1-6H3,(H,86,87)(H,88,89)/t74-,75-,76-/m1/s1. The second-order valence-corrected chi connectivity index (χ2v) is 32.7. The second-order valence-electron chi connectivity index (χ2n) is 29.8. The van der Waals surface area contributed by atoms with Crippen LogP contribution in [0.2, 0.25) is 0 Å². The Balaban J connectivity index is 5.24. The molecule has 17 nitrogen and oxygen atoms in total. The van der Waals surface area contributed by atoms with E-state index < -0.39 is 97.5 Å². The molecule has 0 saturated carbocycles. The van der Waals surface area contributed by atoms with Crippen molar-refractivity contribution in [1.29, 1.82) is 0 Å². The highest BCUT2D eigenvalue weighted by Crippen LogP contribution is 2.45. The van der Waals surface area contributed by atoms with Gasteiger partial charge in [0, 0.05) is 25.7 Å². The van der Waals surface area contributed by atoms with Crippen molar-refractivity contribution in [3.05, 3.63) is 0 Å². The van der Waals surface area contributed by atoms with Gasteiger partial charge in [0.25, 0.3) is 0 Å². The molecule has 2 unspecified atom stereocenters. The molecule has 99 heavy (non-hydrogen) atoms. The van der Waals surface area contributed by atoms with Gasteiger partial charge in [-0.3, -0.25) is 37.3 Å². The van der Waals surface area contributed by atoms with E-state index in [1.807, 2.05) is 0 Å². The van der Waals surface area contributed by atoms with Crippen LogP contribution in [0.15, 0.2) is 0 Å². The van der Waals surface area contributed by atoms with E-state index in [1.54, 1.807) is 0 Å². The van der Waals surface area contributed by atoms with Crippen LogP contribution < -0.4 is 0 Å². The Morgan fingerprint density at radius 2 is 0.465 bits per heavy atom. The molecule has 0 rings (SSSR count). The molecule has 0 aliphatic carbocycles. The van der Waals surface area contributed by atoms with Crippen LogP contribution >= 0.6 is 15.6 Å². The predicted octanol–water partition coefficient (Wildman–Crippen LogP) is 23.9. The van der Waals surface area contributed by atoms with Crippen LogP contribution in [-0.4, -0.2) is 96.7 Å². The molecule has 0 aliphatic rings. The average Bonchev–Trinajstić information content (AvgIpc) is 0.966. The first-order chi connectivity index (χ1) is 47.9. The summed E-state index contributed by atoms with van der Waals surface area (Å²) < 4.78 is 68.7. The van der Waals surface area contributed by atoms with Gasteiger partial charge in [0.2, 0.25) is 0 Å². The SMILES string of the molecule is CCCCCCCCCCCCCCCCCCCCCCC(=O)O[C@H](COC(=O)CCCCCCCCCCCCC(C)C)COP(=O)(O)OC[C@@H](O)COP(=O)(O)OC[C@@H](COC(=O)CCCCCCCCCCCCCCC)OC(=O)CCCCCCCCCCCCC(C)C. The number of phosphoric ester groups is 2. The van der Waals surface area contributed by atoms with E-state index in [0.717, 1.165) is 102 Å². The van der Waals surface area contributed by atoms with E-state index in [1.165, 1.54) is 238 Å². The van der Waals surface area contributed by atoms with Gasteiger partial charge in [-0.05, 0) is 37.5 Å². The van der Waals surface area contributed by atoms with Gasteiger partial charge >= 0.3 is 39.5 Å². The fourth-order valence-electron chi connectivity index (χ4n) is 12.4. The highest BCUT2D eigenvalue weighted by atomic mass is 31.2. The maximum atomic E-state index is 13.1. The number of hydrogen-bond donors (Lipinski definition) is 3. The quantitative estimate of drug-likeness (QED) is 0.0222. The van der Waals surface area contributed by atoms with Crippen molar-refractivity contribution in [2.24, 2.45) is 11.8 Å². The molecule has 0 aromatic heterocycles. The summed E-state index contributed by atoms with van der Waals surface area (Å²) in [5.41, 5.74) is 0. The summed E-state index contributed by atoms with van der Waals surface area (Å²) in [5.74, 6) is -0.599. The summed E-state index contributed by atoms with van der Waals surface area (Å²) in [5, 5.41) is 10.6.